The van der Waals surface area contributed by atoms with Crippen LogP contribution >= 0.6 is 0 Å². The minimum atomic E-state index is -3.90. The number of sulfonamides is 1. The van der Waals surface area contributed by atoms with Gasteiger partial charge in [0.2, 0.25) is 10.0 Å². The summed E-state index contributed by atoms with van der Waals surface area (Å²) >= 11 is 0. The Bertz CT molecular complexity index is 624. The summed E-state index contributed by atoms with van der Waals surface area (Å²) in [5, 5.41) is 0. The van der Waals surface area contributed by atoms with Gasteiger partial charge in [-0.3, -0.25) is 0 Å². The van der Waals surface area contributed by atoms with Crippen LogP contribution in [0.2, 0.25) is 0 Å². The fourth-order valence-electron chi connectivity index (χ4n) is 2.66. The summed E-state index contributed by atoms with van der Waals surface area (Å²) in [6.07, 6.45) is 3.68. The first-order chi connectivity index (χ1) is 9.41. The van der Waals surface area contributed by atoms with E-state index in [4.69, 9.17) is 0 Å². The topological polar surface area (TPSA) is 37.4 Å². The summed E-state index contributed by atoms with van der Waals surface area (Å²) in [5.74, 6) is -1.41. The van der Waals surface area contributed by atoms with Gasteiger partial charge >= 0.3 is 0 Å². The minimum Gasteiger partial charge on any atom is -0.207 e. The molecule has 2 fully saturated rings. The Kier molecular flexibility index (Phi) is 3.33. The predicted octanol–water partition coefficient (Wildman–Crippen LogP) is 2.92. The van der Waals surface area contributed by atoms with Crippen LogP contribution in [-0.4, -0.2) is 24.8 Å². The third-order valence-electron chi connectivity index (χ3n) is 4.06. The highest BCUT2D eigenvalue weighted by molar-refractivity contribution is 7.89. The quantitative estimate of drug-likeness (QED) is 0.838. The number of hydrogen-bond acceptors (Lipinski definition) is 2. The first-order valence-electron chi connectivity index (χ1n) is 6.90. The van der Waals surface area contributed by atoms with Crippen LogP contribution in [0.4, 0.5) is 8.78 Å². The number of hydrogen-bond donors (Lipinski definition) is 0. The molecule has 0 heterocycles. The highest BCUT2D eigenvalue weighted by Crippen LogP contribution is 2.42. The third kappa shape index (κ3) is 2.46. The maximum atomic E-state index is 13.8. The van der Waals surface area contributed by atoms with Crippen molar-refractivity contribution in [2.45, 2.75) is 49.6 Å². The van der Waals surface area contributed by atoms with E-state index in [-0.39, 0.29) is 12.1 Å². The number of halogens is 2. The fraction of sp³-hybridized carbons (Fsp3) is 0.571. The van der Waals surface area contributed by atoms with Crippen molar-refractivity contribution in [2.75, 3.05) is 0 Å². The number of benzene rings is 1. The van der Waals surface area contributed by atoms with E-state index < -0.39 is 26.6 Å². The van der Waals surface area contributed by atoms with Gasteiger partial charge in [0.25, 0.3) is 0 Å². The van der Waals surface area contributed by atoms with Crippen molar-refractivity contribution in [1.82, 2.24) is 4.31 Å². The number of nitrogens with zero attached hydrogens (tertiary/aromatic N) is 1. The van der Waals surface area contributed by atoms with Crippen LogP contribution in [0.3, 0.4) is 0 Å². The summed E-state index contributed by atoms with van der Waals surface area (Å²) in [4.78, 5) is -0.418. The molecular weight excluding hydrogens is 284 g/mol. The maximum Gasteiger partial charge on any atom is 0.246 e. The molecule has 1 aromatic rings. The van der Waals surface area contributed by atoms with E-state index in [1.807, 2.05) is 6.92 Å². The lowest BCUT2D eigenvalue weighted by atomic mass is 10.2. The van der Waals surface area contributed by atoms with Crippen LogP contribution in [0.15, 0.2) is 23.1 Å². The Hall–Kier alpha value is -1.01. The normalized spacial score (nSPS) is 21.2. The molecule has 20 heavy (non-hydrogen) atoms. The zero-order valence-electron chi connectivity index (χ0n) is 11.2. The molecule has 2 saturated carbocycles. The second kappa shape index (κ2) is 4.77. The predicted molar refractivity (Wildman–Crippen MR) is 70.6 cm³/mol. The smallest absolute Gasteiger partial charge is 0.207 e. The standard InChI is InChI=1S/C14H17F2NO2S/c1-9(10-2-3-10)17(12-5-6-12)20(18,19)14-7-4-11(15)8-13(14)16/h4,7-10,12H,2-3,5-6H2,1H3/t9-/m0/s1. The number of rotatable bonds is 5. The van der Waals surface area contributed by atoms with Crippen molar-refractivity contribution in [1.29, 1.82) is 0 Å². The maximum absolute atomic E-state index is 13.8. The highest BCUT2D eigenvalue weighted by Gasteiger charge is 2.46. The Morgan fingerprint density at radius 3 is 2.35 bits per heavy atom. The fourth-order valence-corrected chi connectivity index (χ4v) is 4.65. The van der Waals surface area contributed by atoms with Crippen LogP contribution in [0.5, 0.6) is 0 Å². The van der Waals surface area contributed by atoms with Crippen molar-refractivity contribution in [2.24, 2.45) is 5.92 Å². The van der Waals surface area contributed by atoms with E-state index in [1.165, 1.54) is 4.31 Å². The zero-order chi connectivity index (χ0) is 14.5. The molecular formula is C14H17F2NO2S. The lowest BCUT2D eigenvalue weighted by Crippen LogP contribution is -2.41. The van der Waals surface area contributed by atoms with Gasteiger partial charge in [-0.2, -0.15) is 4.31 Å². The van der Waals surface area contributed by atoms with Crippen molar-refractivity contribution in [3.8, 4) is 0 Å². The van der Waals surface area contributed by atoms with Crippen LogP contribution in [0.1, 0.15) is 32.6 Å². The summed E-state index contributed by atoms with van der Waals surface area (Å²) in [6.45, 7) is 1.88. The van der Waals surface area contributed by atoms with E-state index in [0.29, 0.717) is 12.0 Å². The minimum absolute atomic E-state index is 0.0277. The molecule has 3 rings (SSSR count). The molecule has 0 bridgehead atoms. The average Bonchev–Trinajstić information content (AvgIpc) is 3.22. The average molecular weight is 301 g/mol. The second-order valence-electron chi connectivity index (χ2n) is 5.72. The van der Waals surface area contributed by atoms with E-state index in [2.05, 4.69) is 0 Å². The molecule has 0 aromatic heterocycles. The van der Waals surface area contributed by atoms with Gasteiger partial charge in [0.05, 0.1) is 0 Å². The molecule has 1 aromatic carbocycles. The van der Waals surface area contributed by atoms with Gasteiger partial charge in [0.1, 0.15) is 16.5 Å². The van der Waals surface area contributed by atoms with Gasteiger partial charge in [0.15, 0.2) is 0 Å². The lowest BCUT2D eigenvalue weighted by Gasteiger charge is -2.28. The van der Waals surface area contributed by atoms with Crippen molar-refractivity contribution in [3.05, 3.63) is 29.8 Å². The van der Waals surface area contributed by atoms with Crippen molar-refractivity contribution >= 4 is 10.0 Å². The van der Waals surface area contributed by atoms with E-state index >= 15 is 0 Å². The van der Waals surface area contributed by atoms with Gasteiger partial charge in [-0.1, -0.05) is 0 Å². The van der Waals surface area contributed by atoms with Crippen LogP contribution in [-0.2, 0) is 10.0 Å². The largest absolute Gasteiger partial charge is 0.246 e. The second-order valence-corrected chi connectivity index (χ2v) is 7.53. The molecule has 6 heteroatoms. The van der Waals surface area contributed by atoms with Gasteiger partial charge in [-0.25, -0.2) is 17.2 Å². The molecule has 2 aliphatic rings. The SMILES string of the molecule is C[C@@H](C1CC1)N(C1CC1)S(=O)(=O)c1ccc(F)cc1F. The monoisotopic (exact) mass is 301 g/mol. The molecule has 2 aliphatic carbocycles. The molecule has 0 spiro atoms. The summed E-state index contributed by atoms with van der Waals surface area (Å²) in [5.41, 5.74) is 0. The molecule has 0 amide bonds. The highest BCUT2D eigenvalue weighted by atomic mass is 32.2. The van der Waals surface area contributed by atoms with Gasteiger partial charge in [0, 0.05) is 18.2 Å². The first kappa shape index (κ1) is 13.9. The first-order valence-corrected chi connectivity index (χ1v) is 8.34. The Labute approximate surface area is 117 Å². The summed E-state index contributed by atoms with van der Waals surface area (Å²) in [7, 11) is -3.90. The zero-order valence-corrected chi connectivity index (χ0v) is 12.0. The van der Waals surface area contributed by atoms with Gasteiger partial charge < -0.3 is 0 Å². The van der Waals surface area contributed by atoms with E-state index in [1.54, 1.807) is 0 Å². The lowest BCUT2D eigenvalue weighted by molar-refractivity contribution is 0.300. The Morgan fingerprint density at radius 2 is 1.85 bits per heavy atom. The molecule has 0 unspecified atom stereocenters. The van der Waals surface area contributed by atoms with Crippen LogP contribution in [0.25, 0.3) is 0 Å². The molecule has 0 N–H and O–H groups in total. The van der Waals surface area contributed by atoms with Crippen LogP contribution in [0, 0.1) is 17.6 Å². The molecule has 0 aliphatic heterocycles. The Balaban J connectivity index is 1.99. The van der Waals surface area contributed by atoms with E-state index in [0.717, 1.165) is 37.8 Å². The van der Waals surface area contributed by atoms with Gasteiger partial charge in [-0.05, 0) is 50.7 Å². The molecule has 110 valence electrons. The van der Waals surface area contributed by atoms with Crippen molar-refractivity contribution in [3.63, 3.8) is 0 Å². The van der Waals surface area contributed by atoms with Crippen molar-refractivity contribution < 1.29 is 17.2 Å². The third-order valence-corrected chi connectivity index (χ3v) is 6.13. The summed E-state index contributed by atoms with van der Waals surface area (Å²) < 4.78 is 53.6. The molecule has 3 nitrogen and oxygen atoms in total. The molecule has 0 saturated heterocycles. The van der Waals surface area contributed by atoms with E-state index in [9.17, 15) is 17.2 Å². The summed E-state index contributed by atoms with van der Waals surface area (Å²) in [6, 6.07) is 2.49. The Morgan fingerprint density at radius 1 is 1.20 bits per heavy atom. The van der Waals surface area contributed by atoms with Crippen LogP contribution < -0.4 is 0 Å². The van der Waals surface area contributed by atoms with Gasteiger partial charge in [-0.15, -0.1) is 0 Å². The molecule has 0 radical (unpaired) electrons. The molecule has 1 atom stereocenters.